The van der Waals surface area contributed by atoms with Crippen LogP contribution in [0.25, 0.3) is 0 Å². The van der Waals surface area contributed by atoms with Crippen LogP contribution in [0.5, 0.6) is 5.75 Å². The molecule has 0 radical (unpaired) electrons. The molecule has 2 N–H and O–H groups in total. The molecule has 0 saturated carbocycles. The summed E-state index contributed by atoms with van der Waals surface area (Å²) < 4.78 is 10.8. The van der Waals surface area contributed by atoms with Crippen molar-refractivity contribution in [2.24, 2.45) is 10.9 Å². The summed E-state index contributed by atoms with van der Waals surface area (Å²) >= 11 is 0. The van der Waals surface area contributed by atoms with Crippen molar-refractivity contribution in [1.82, 2.24) is 15.5 Å². The van der Waals surface area contributed by atoms with E-state index in [1.807, 2.05) is 19.2 Å². The highest BCUT2D eigenvalue weighted by molar-refractivity contribution is 14.0. The molecule has 0 spiro atoms. The van der Waals surface area contributed by atoms with E-state index in [2.05, 4.69) is 39.6 Å². The zero-order chi connectivity index (χ0) is 20.0. The van der Waals surface area contributed by atoms with Crippen LogP contribution >= 0.6 is 24.0 Å². The summed E-state index contributed by atoms with van der Waals surface area (Å²) in [6.07, 6.45) is 4.71. The maximum absolute atomic E-state index is 5.77. The molecule has 0 amide bonds. The van der Waals surface area contributed by atoms with E-state index in [1.165, 1.54) is 38.0 Å². The Morgan fingerprint density at radius 3 is 2.69 bits per heavy atom. The number of methoxy groups -OCH3 is 1. The Balaban J connectivity index is 0.00000420. The predicted octanol–water partition coefficient (Wildman–Crippen LogP) is 3.51. The first-order chi connectivity index (χ1) is 13.7. The molecule has 0 atom stereocenters. The third kappa shape index (κ3) is 11.1. The molecular weight excluding hydrogens is 479 g/mol. The highest BCUT2D eigenvalue weighted by atomic mass is 127. The summed E-state index contributed by atoms with van der Waals surface area (Å²) in [4.78, 5) is 6.90. The molecule has 1 heterocycles. The number of aliphatic imine (C=N–C) groups is 1. The van der Waals surface area contributed by atoms with Crippen molar-refractivity contribution in [1.29, 1.82) is 0 Å². The van der Waals surface area contributed by atoms with Crippen LogP contribution in [0.2, 0.25) is 0 Å². The molecule has 1 fully saturated rings. The van der Waals surface area contributed by atoms with Crippen LogP contribution in [0.3, 0.4) is 0 Å². The monoisotopic (exact) mass is 518 g/mol. The number of rotatable bonds is 11. The maximum atomic E-state index is 5.77. The topological polar surface area (TPSA) is 58.1 Å². The second kappa shape index (κ2) is 15.7. The van der Waals surface area contributed by atoms with Crippen LogP contribution in [-0.4, -0.2) is 64.4 Å². The van der Waals surface area contributed by atoms with E-state index < -0.39 is 0 Å². The van der Waals surface area contributed by atoms with Gasteiger partial charge in [0.05, 0.1) is 6.61 Å². The molecule has 1 aromatic carbocycles. The average molecular weight is 518 g/mol. The summed E-state index contributed by atoms with van der Waals surface area (Å²) in [6, 6.07) is 8.19. The molecule has 1 aliphatic heterocycles. The van der Waals surface area contributed by atoms with Gasteiger partial charge in [-0.15, -0.1) is 24.0 Å². The highest BCUT2D eigenvalue weighted by Crippen LogP contribution is 2.16. The van der Waals surface area contributed by atoms with Crippen molar-refractivity contribution in [2.45, 2.75) is 39.2 Å². The molecule has 0 unspecified atom stereocenters. The van der Waals surface area contributed by atoms with Crippen molar-refractivity contribution in [3.05, 3.63) is 29.8 Å². The van der Waals surface area contributed by atoms with Crippen molar-refractivity contribution >= 4 is 29.9 Å². The lowest BCUT2D eigenvalue weighted by Gasteiger charge is -2.30. The number of likely N-dealkylation sites (tertiary alicyclic amines) is 1. The Morgan fingerprint density at radius 1 is 1.17 bits per heavy atom. The van der Waals surface area contributed by atoms with Crippen molar-refractivity contribution in [3.63, 3.8) is 0 Å². The van der Waals surface area contributed by atoms with Crippen molar-refractivity contribution in [2.75, 3.05) is 53.6 Å². The molecule has 2 rings (SSSR count). The van der Waals surface area contributed by atoms with Gasteiger partial charge in [0.2, 0.25) is 0 Å². The van der Waals surface area contributed by atoms with Crippen LogP contribution < -0.4 is 15.4 Å². The Labute approximate surface area is 193 Å². The number of benzene rings is 1. The van der Waals surface area contributed by atoms with Gasteiger partial charge < -0.3 is 25.0 Å². The van der Waals surface area contributed by atoms with Crippen LogP contribution in [0.4, 0.5) is 0 Å². The number of hydrogen-bond donors (Lipinski definition) is 2. The van der Waals surface area contributed by atoms with Gasteiger partial charge in [-0.3, -0.25) is 4.99 Å². The van der Waals surface area contributed by atoms with E-state index in [4.69, 9.17) is 9.47 Å². The molecule has 166 valence electrons. The van der Waals surface area contributed by atoms with E-state index in [0.29, 0.717) is 6.61 Å². The standard InChI is InChI=1S/C22H38N4O2.HI/c1-19-9-13-26(14-10-19)12-5-11-24-22(23-2)25-18-20-7-4-8-21(17-20)28-16-6-15-27-3;/h4,7-8,17,19H,5-6,9-16,18H2,1-3H3,(H2,23,24,25);1H. The van der Waals surface area contributed by atoms with E-state index in [9.17, 15) is 0 Å². The third-order valence-electron chi connectivity index (χ3n) is 5.16. The Bertz CT molecular complexity index is 578. The fraction of sp³-hybridized carbons (Fsp3) is 0.682. The molecule has 0 aliphatic carbocycles. The molecule has 7 heteroatoms. The number of nitrogens with zero attached hydrogens (tertiary/aromatic N) is 2. The summed E-state index contributed by atoms with van der Waals surface area (Å²) in [5.74, 6) is 2.64. The molecule has 1 aliphatic rings. The number of piperidine rings is 1. The minimum absolute atomic E-state index is 0. The molecule has 0 bridgehead atoms. The van der Waals surface area contributed by atoms with Gasteiger partial charge in [0.25, 0.3) is 0 Å². The van der Waals surface area contributed by atoms with E-state index >= 15 is 0 Å². The van der Waals surface area contributed by atoms with Crippen LogP contribution in [0, 0.1) is 5.92 Å². The minimum atomic E-state index is 0. The van der Waals surface area contributed by atoms with Gasteiger partial charge in [-0.1, -0.05) is 19.1 Å². The van der Waals surface area contributed by atoms with E-state index in [1.54, 1.807) is 7.11 Å². The number of nitrogens with one attached hydrogen (secondary N) is 2. The molecular formula is C22H39IN4O2. The lowest BCUT2D eigenvalue weighted by atomic mass is 9.99. The first kappa shape index (κ1) is 26.0. The summed E-state index contributed by atoms with van der Waals surface area (Å²) in [5, 5.41) is 6.80. The van der Waals surface area contributed by atoms with Gasteiger partial charge in [-0.2, -0.15) is 0 Å². The predicted molar refractivity (Wildman–Crippen MR) is 132 cm³/mol. The average Bonchev–Trinajstić information content (AvgIpc) is 2.72. The zero-order valence-electron chi connectivity index (χ0n) is 18.3. The second-order valence-electron chi connectivity index (χ2n) is 7.57. The quantitative estimate of drug-likeness (QED) is 0.203. The van der Waals surface area contributed by atoms with Gasteiger partial charge in [0, 0.05) is 40.3 Å². The molecule has 1 aromatic rings. The number of ether oxygens (including phenoxy) is 2. The lowest BCUT2D eigenvalue weighted by Crippen LogP contribution is -2.39. The fourth-order valence-corrected chi connectivity index (χ4v) is 3.34. The van der Waals surface area contributed by atoms with Crippen LogP contribution in [0.1, 0.15) is 38.2 Å². The zero-order valence-corrected chi connectivity index (χ0v) is 20.6. The first-order valence-corrected chi connectivity index (χ1v) is 10.6. The van der Waals surface area contributed by atoms with Crippen molar-refractivity contribution in [3.8, 4) is 5.75 Å². The van der Waals surface area contributed by atoms with Crippen molar-refractivity contribution < 1.29 is 9.47 Å². The van der Waals surface area contributed by atoms with Gasteiger partial charge in [0.15, 0.2) is 5.96 Å². The smallest absolute Gasteiger partial charge is 0.191 e. The Morgan fingerprint density at radius 2 is 1.97 bits per heavy atom. The second-order valence-corrected chi connectivity index (χ2v) is 7.57. The van der Waals surface area contributed by atoms with Crippen LogP contribution in [-0.2, 0) is 11.3 Å². The Kier molecular flexibility index (Phi) is 14.1. The van der Waals surface area contributed by atoms with E-state index in [-0.39, 0.29) is 24.0 Å². The number of halogens is 1. The highest BCUT2D eigenvalue weighted by Gasteiger charge is 2.14. The summed E-state index contributed by atoms with van der Waals surface area (Å²) in [5.41, 5.74) is 1.18. The lowest BCUT2D eigenvalue weighted by molar-refractivity contribution is 0.172. The molecule has 29 heavy (non-hydrogen) atoms. The van der Waals surface area contributed by atoms with Gasteiger partial charge >= 0.3 is 0 Å². The largest absolute Gasteiger partial charge is 0.493 e. The normalized spacial score (nSPS) is 15.6. The Hall–Kier alpha value is -1.06. The summed E-state index contributed by atoms with van der Waals surface area (Å²) in [6.45, 7) is 9.07. The van der Waals surface area contributed by atoms with E-state index in [0.717, 1.165) is 50.2 Å². The molecule has 6 nitrogen and oxygen atoms in total. The number of hydrogen-bond acceptors (Lipinski definition) is 4. The SMILES string of the molecule is CN=C(NCCCN1CCC(C)CC1)NCc1cccc(OCCCOC)c1.I. The first-order valence-electron chi connectivity index (χ1n) is 10.6. The van der Waals surface area contributed by atoms with Gasteiger partial charge in [-0.25, -0.2) is 0 Å². The molecule has 1 saturated heterocycles. The van der Waals surface area contributed by atoms with Crippen LogP contribution in [0.15, 0.2) is 29.3 Å². The van der Waals surface area contributed by atoms with Gasteiger partial charge in [-0.05, 0) is 62.5 Å². The third-order valence-corrected chi connectivity index (χ3v) is 5.16. The molecule has 0 aromatic heterocycles. The summed E-state index contributed by atoms with van der Waals surface area (Å²) in [7, 11) is 3.53. The fourth-order valence-electron chi connectivity index (χ4n) is 3.34. The minimum Gasteiger partial charge on any atom is -0.493 e. The number of guanidine groups is 1. The maximum Gasteiger partial charge on any atom is 0.191 e. The van der Waals surface area contributed by atoms with Gasteiger partial charge in [0.1, 0.15) is 5.75 Å².